The highest BCUT2D eigenvalue weighted by Gasteiger charge is 2.21. The predicted octanol–water partition coefficient (Wildman–Crippen LogP) is 2.18. The van der Waals surface area contributed by atoms with Gasteiger partial charge in [-0.05, 0) is 43.4 Å². The van der Waals surface area contributed by atoms with E-state index in [2.05, 4.69) is 15.5 Å². The maximum Gasteiger partial charge on any atom is 0.220 e. The standard InChI is InChI=1S/C19H23N3O3/c23-19(10-9-16-14-5-1-2-6-15(14)21-22-16)20-11-13-12-24-17-7-3-4-8-18(17)25-13/h3-4,7-8,13H,1-2,5-6,9-12H2,(H,20,23)(H,21,22). The zero-order valence-electron chi connectivity index (χ0n) is 14.2. The highest BCUT2D eigenvalue weighted by molar-refractivity contribution is 5.76. The van der Waals surface area contributed by atoms with Crippen LogP contribution in [0.25, 0.3) is 0 Å². The van der Waals surface area contributed by atoms with Gasteiger partial charge in [0, 0.05) is 18.5 Å². The molecule has 1 unspecified atom stereocenters. The Hall–Kier alpha value is -2.50. The molecule has 1 aromatic heterocycles. The molecule has 2 aliphatic rings. The van der Waals surface area contributed by atoms with Gasteiger partial charge in [0.05, 0.1) is 12.2 Å². The van der Waals surface area contributed by atoms with Crippen molar-refractivity contribution in [2.75, 3.05) is 13.2 Å². The Balaban J connectivity index is 1.24. The average molecular weight is 341 g/mol. The lowest BCUT2D eigenvalue weighted by atomic mass is 9.94. The van der Waals surface area contributed by atoms with Crippen LogP contribution in [-0.4, -0.2) is 35.4 Å². The number of hydrogen-bond acceptors (Lipinski definition) is 4. The maximum atomic E-state index is 12.1. The minimum atomic E-state index is -0.156. The van der Waals surface area contributed by atoms with Crippen LogP contribution in [0.1, 0.15) is 36.2 Å². The fourth-order valence-corrected chi connectivity index (χ4v) is 3.47. The third kappa shape index (κ3) is 3.62. The number of para-hydroxylation sites is 2. The summed E-state index contributed by atoms with van der Waals surface area (Å²) in [5.74, 6) is 1.51. The van der Waals surface area contributed by atoms with Crippen LogP contribution in [0.2, 0.25) is 0 Å². The number of hydrogen-bond donors (Lipinski definition) is 2. The quantitative estimate of drug-likeness (QED) is 0.874. The van der Waals surface area contributed by atoms with E-state index in [1.807, 2.05) is 24.3 Å². The summed E-state index contributed by atoms with van der Waals surface area (Å²) >= 11 is 0. The second kappa shape index (κ2) is 7.17. The van der Waals surface area contributed by atoms with Crippen LogP contribution in [0, 0.1) is 0 Å². The average Bonchev–Trinajstić information content (AvgIpc) is 3.08. The zero-order chi connectivity index (χ0) is 17.1. The molecule has 6 heteroatoms. The van der Waals surface area contributed by atoms with E-state index >= 15 is 0 Å². The van der Waals surface area contributed by atoms with Gasteiger partial charge in [0.2, 0.25) is 5.91 Å². The third-order valence-electron chi connectivity index (χ3n) is 4.83. The molecule has 2 N–H and O–H groups in total. The number of H-pyrrole nitrogens is 1. The number of carbonyl (C=O) groups is 1. The summed E-state index contributed by atoms with van der Waals surface area (Å²) in [6, 6.07) is 7.59. The predicted molar refractivity (Wildman–Crippen MR) is 92.9 cm³/mol. The normalized spacial score (nSPS) is 18.5. The second-order valence-corrected chi connectivity index (χ2v) is 6.64. The Kier molecular flexibility index (Phi) is 4.59. The topological polar surface area (TPSA) is 76.2 Å². The molecule has 2 heterocycles. The molecule has 1 aliphatic carbocycles. The first kappa shape index (κ1) is 16.0. The van der Waals surface area contributed by atoms with Gasteiger partial charge in [-0.2, -0.15) is 5.10 Å². The molecule has 25 heavy (non-hydrogen) atoms. The van der Waals surface area contributed by atoms with Crippen LogP contribution in [-0.2, 0) is 24.1 Å². The van der Waals surface area contributed by atoms with E-state index in [0.717, 1.165) is 30.0 Å². The molecule has 6 nitrogen and oxygen atoms in total. The van der Waals surface area contributed by atoms with E-state index in [-0.39, 0.29) is 12.0 Å². The minimum Gasteiger partial charge on any atom is -0.486 e. The van der Waals surface area contributed by atoms with E-state index in [0.29, 0.717) is 26.0 Å². The number of nitrogens with zero attached hydrogens (tertiary/aromatic N) is 1. The monoisotopic (exact) mass is 341 g/mol. The van der Waals surface area contributed by atoms with E-state index in [1.165, 1.54) is 24.1 Å². The fraction of sp³-hybridized carbons (Fsp3) is 0.474. The summed E-state index contributed by atoms with van der Waals surface area (Å²) in [5, 5.41) is 10.5. The molecule has 0 bridgehead atoms. The van der Waals surface area contributed by atoms with Crippen LogP contribution in [0.15, 0.2) is 24.3 Å². The van der Waals surface area contributed by atoms with Gasteiger partial charge < -0.3 is 14.8 Å². The molecule has 0 radical (unpaired) electrons. The number of aromatic nitrogens is 2. The number of rotatable bonds is 5. The van der Waals surface area contributed by atoms with Gasteiger partial charge in [0.15, 0.2) is 11.5 Å². The molecule has 0 saturated heterocycles. The largest absolute Gasteiger partial charge is 0.486 e. The second-order valence-electron chi connectivity index (χ2n) is 6.64. The molecule has 0 saturated carbocycles. The van der Waals surface area contributed by atoms with Crippen molar-refractivity contribution in [2.45, 2.75) is 44.6 Å². The smallest absolute Gasteiger partial charge is 0.220 e. The van der Waals surface area contributed by atoms with Crippen molar-refractivity contribution in [1.29, 1.82) is 0 Å². The zero-order valence-corrected chi connectivity index (χ0v) is 14.2. The first-order valence-corrected chi connectivity index (χ1v) is 9.00. The van der Waals surface area contributed by atoms with Crippen molar-refractivity contribution < 1.29 is 14.3 Å². The van der Waals surface area contributed by atoms with Gasteiger partial charge in [0.1, 0.15) is 12.7 Å². The van der Waals surface area contributed by atoms with E-state index in [4.69, 9.17) is 9.47 Å². The molecular weight excluding hydrogens is 318 g/mol. The van der Waals surface area contributed by atoms with Crippen molar-refractivity contribution in [1.82, 2.24) is 15.5 Å². The highest BCUT2D eigenvalue weighted by atomic mass is 16.6. The molecule has 1 atom stereocenters. The van der Waals surface area contributed by atoms with Crippen LogP contribution >= 0.6 is 0 Å². The van der Waals surface area contributed by atoms with Crippen molar-refractivity contribution in [2.24, 2.45) is 0 Å². The van der Waals surface area contributed by atoms with Crippen molar-refractivity contribution in [3.63, 3.8) is 0 Å². The van der Waals surface area contributed by atoms with Gasteiger partial charge in [-0.1, -0.05) is 12.1 Å². The Morgan fingerprint density at radius 2 is 2.08 bits per heavy atom. The Morgan fingerprint density at radius 1 is 1.24 bits per heavy atom. The Morgan fingerprint density at radius 3 is 3.00 bits per heavy atom. The van der Waals surface area contributed by atoms with Gasteiger partial charge in [-0.3, -0.25) is 9.89 Å². The summed E-state index contributed by atoms with van der Waals surface area (Å²) in [5.41, 5.74) is 3.64. The molecule has 0 spiro atoms. The molecule has 1 amide bonds. The van der Waals surface area contributed by atoms with Crippen LogP contribution in [0.4, 0.5) is 0 Å². The van der Waals surface area contributed by atoms with Crippen molar-refractivity contribution >= 4 is 5.91 Å². The first-order valence-electron chi connectivity index (χ1n) is 9.00. The molecule has 1 aromatic carbocycles. The van der Waals surface area contributed by atoms with Crippen LogP contribution < -0.4 is 14.8 Å². The lowest BCUT2D eigenvalue weighted by Crippen LogP contribution is -2.40. The van der Waals surface area contributed by atoms with E-state index < -0.39 is 0 Å². The van der Waals surface area contributed by atoms with Gasteiger partial charge in [0.25, 0.3) is 0 Å². The van der Waals surface area contributed by atoms with E-state index in [1.54, 1.807) is 0 Å². The molecule has 132 valence electrons. The molecule has 2 aromatic rings. The maximum absolute atomic E-state index is 12.1. The molecule has 0 fully saturated rings. The Labute approximate surface area is 146 Å². The summed E-state index contributed by atoms with van der Waals surface area (Å²) in [6.07, 6.45) is 5.57. The number of nitrogens with one attached hydrogen (secondary N) is 2. The number of aromatic amines is 1. The van der Waals surface area contributed by atoms with Crippen molar-refractivity contribution in [3.05, 3.63) is 41.2 Å². The summed E-state index contributed by atoms with van der Waals surface area (Å²) in [6.45, 7) is 0.899. The summed E-state index contributed by atoms with van der Waals surface area (Å²) in [4.78, 5) is 12.1. The lowest BCUT2D eigenvalue weighted by molar-refractivity contribution is -0.121. The number of fused-ring (bicyclic) bond motifs is 2. The fourth-order valence-electron chi connectivity index (χ4n) is 3.47. The van der Waals surface area contributed by atoms with Crippen molar-refractivity contribution in [3.8, 4) is 11.5 Å². The lowest BCUT2D eigenvalue weighted by Gasteiger charge is -2.26. The molecule has 1 aliphatic heterocycles. The minimum absolute atomic E-state index is 0.0232. The third-order valence-corrected chi connectivity index (χ3v) is 4.83. The number of carbonyl (C=O) groups excluding carboxylic acids is 1. The van der Waals surface area contributed by atoms with E-state index in [9.17, 15) is 4.79 Å². The molecule has 4 rings (SSSR count). The van der Waals surface area contributed by atoms with Gasteiger partial charge in [-0.15, -0.1) is 0 Å². The SMILES string of the molecule is O=C(CCc1n[nH]c2c1CCCC2)NCC1COc2ccccc2O1. The molecular formula is C19H23N3O3. The Bertz CT molecular complexity index is 756. The highest BCUT2D eigenvalue weighted by Crippen LogP contribution is 2.30. The summed E-state index contributed by atoms with van der Waals surface area (Å²) in [7, 11) is 0. The van der Waals surface area contributed by atoms with Crippen LogP contribution in [0.5, 0.6) is 11.5 Å². The summed E-state index contributed by atoms with van der Waals surface area (Å²) < 4.78 is 11.5. The number of ether oxygens (including phenoxy) is 2. The first-order chi connectivity index (χ1) is 12.3. The van der Waals surface area contributed by atoms with Gasteiger partial charge >= 0.3 is 0 Å². The number of aryl methyl sites for hydroxylation is 2. The number of amides is 1. The number of benzene rings is 1. The van der Waals surface area contributed by atoms with Crippen LogP contribution in [0.3, 0.4) is 0 Å². The van der Waals surface area contributed by atoms with Gasteiger partial charge in [-0.25, -0.2) is 0 Å².